The molecular formula is C19H23FN2O4. The van der Waals surface area contributed by atoms with E-state index in [1.807, 2.05) is 6.92 Å². The van der Waals surface area contributed by atoms with Gasteiger partial charge in [0.1, 0.15) is 12.4 Å². The van der Waals surface area contributed by atoms with E-state index < -0.39 is 17.4 Å². The molecular weight excluding hydrogens is 339 g/mol. The highest BCUT2D eigenvalue weighted by Crippen LogP contribution is 2.15. The minimum Gasteiger partial charge on any atom is -0.460 e. The second kappa shape index (κ2) is 10.1. The summed E-state index contributed by atoms with van der Waals surface area (Å²) in [6.07, 6.45) is 8.05. The van der Waals surface area contributed by atoms with Gasteiger partial charge in [-0.15, -0.1) is 0 Å². The van der Waals surface area contributed by atoms with E-state index in [9.17, 15) is 14.0 Å². The molecule has 0 spiro atoms. The van der Waals surface area contributed by atoms with Gasteiger partial charge in [0.15, 0.2) is 0 Å². The van der Waals surface area contributed by atoms with Crippen LogP contribution in [0.2, 0.25) is 0 Å². The first-order chi connectivity index (χ1) is 12.2. The minimum atomic E-state index is -0.647. The molecule has 1 rings (SSSR count). The molecule has 0 aromatic carbocycles. The standard InChI is InChI=1S/C19H23FN2O4/c1-6-7-8-9-15(14(5)20)11-25-19-21-17(24)13(4)18(22-19)26-16(23)10-12(2)3/h6-10H,11H2,1-5H3,(H,21,22,24)/b7-6-,9-8-,15-14-. The van der Waals surface area contributed by atoms with Gasteiger partial charge in [0.2, 0.25) is 5.88 Å². The number of nitrogens with zero attached hydrogens (tertiary/aromatic N) is 1. The zero-order valence-electron chi connectivity index (χ0n) is 15.6. The van der Waals surface area contributed by atoms with Crippen molar-refractivity contribution in [1.82, 2.24) is 9.97 Å². The number of esters is 1. The second-order valence-electron chi connectivity index (χ2n) is 5.68. The van der Waals surface area contributed by atoms with Gasteiger partial charge in [-0.1, -0.05) is 29.9 Å². The van der Waals surface area contributed by atoms with Crippen LogP contribution >= 0.6 is 0 Å². The molecule has 26 heavy (non-hydrogen) atoms. The van der Waals surface area contributed by atoms with Crippen molar-refractivity contribution in [1.29, 1.82) is 0 Å². The zero-order chi connectivity index (χ0) is 19.7. The van der Waals surface area contributed by atoms with Gasteiger partial charge in [0.05, 0.1) is 5.56 Å². The van der Waals surface area contributed by atoms with Crippen LogP contribution in [0.4, 0.5) is 4.39 Å². The predicted octanol–water partition coefficient (Wildman–Crippen LogP) is 3.70. The highest BCUT2D eigenvalue weighted by atomic mass is 19.1. The van der Waals surface area contributed by atoms with Crippen LogP contribution in [0.5, 0.6) is 11.9 Å². The van der Waals surface area contributed by atoms with Gasteiger partial charge in [-0.25, -0.2) is 9.18 Å². The third kappa shape index (κ3) is 6.88. The summed E-state index contributed by atoms with van der Waals surface area (Å²) < 4.78 is 24.0. The number of hydrogen-bond donors (Lipinski definition) is 1. The SMILES string of the molecule is C\C=C/C=C\C(COc1nc(OC(=O)C=C(C)C)c(C)c(=O)[nH]1)=C(/C)F. The molecule has 0 aliphatic heterocycles. The first-order valence-electron chi connectivity index (χ1n) is 7.99. The van der Waals surface area contributed by atoms with Crippen molar-refractivity contribution in [2.75, 3.05) is 6.61 Å². The number of carbonyl (C=O) groups excluding carboxylic acids is 1. The molecule has 0 unspecified atom stereocenters. The second-order valence-corrected chi connectivity index (χ2v) is 5.68. The molecule has 0 bridgehead atoms. The molecule has 140 valence electrons. The molecule has 0 amide bonds. The number of rotatable bonds is 7. The molecule has 0 saturated heterocycles. The number of carbonyl (C=O) groups is 1. The van der Waals surface area contributed by atoms with Gasteiger partial charge in [-0.3, -0.25) is 9.78 Å². The first kappa shape index (κ1) is 21.1. The average molecular weight is 362 g/mol. The summed E-state index contributed by atoms with van der Waals surface area (Å²) >= 11 is 0. The van der Waals surface area contributed by atoms with E-state index in [2.05, 4.69) is 9.97 Å². The molecule has 0 fully saturated rings. The van der Waals surface area contributed by atoms with E-state index in [1.165, 1.54) is 19.9 Å². The highest BCUT2D eigenvalue weighted by molar-refractivity contribution is 5.84. The highest BCUT2D eigenvalue weighted by Gasteiger charge is 2.13. The van der Waals surface area contributed by atoms with Crippen LogP contribution < -0.4 is 15.0 Å². The number of ether oxygens (including phenoxy) is 2. The molecule has 0 aliphatic rings. The van der Waals surface area contributed by atoms with Crippen LogP contribution in [0, 0.1) is 6.92 Å². The van der Waals surface area contributed by atoms with Crippen LogP contribution in [-0.4, -0.2) is 22.5 Å². The molecule has 1 aromatic rings. The van der Waals surface area contributed by atoms with Crippen molar-refractivity contribution < 1.29 is 18.7 Å². The smallest absolute Gasteiger partial charge is 0.337 e. The Morgan fingerprint density at radius 3 is 2.54 bits per heavy atom. The molecule has 6 nitrogen and oxygen atoms in total. The van der Waals surface area contributed by atoms with Crippen molar-refractivity contribution in [3.8, 4) is 11.9 Å². The van der Waals surface area contributed by atoms with E-state index in [1.54, 1.807) is 38.2 Å². The Labute approximate surface area is 151 Å². The summed E-state index contributed by atoms with van der Waals surface area (Å²) in [5.74, 6) is -1.22. The van der Waals surface area contributed by atoms with Gasteiger partial charge in [-0.2, -0.15) is 4.98 Å². The van der Waals surface area contributed by atoms with E-state index in [0.717, 1.165) is 5.57 Å². The van der Waals surface area contributed by atoms with Crippen LogP contribution in [0.25, 0.3) is 0 Å². The van der Waals surface area contributed by atoms with Gasteiger partial charge in [0.25, 0.3) is 11.6 Å². The molecule has 0 aliphatic carbocycles. The Hall–Kier alpha value is -2.96. The Kier molecular flexibility index (Phi) is 8.21. The number of H-pyrrole nitrogens is 1. The Balaban J connectivity index is 3.01. The van der Waals surface area contributed by atoms with E-state index in [4.69, 9.17) is 9.47 Å². The predicted molar refractivity (Wildman–Crippen MR) is 97.9 cm³/mol. The van der Waals surface area contributed by atoms with Crippen molar-refractivity contribution in [3.05, 3.63) is 63.3 Å². The number of halogens is 1. The van der Waals surface area contributed by atoms with Crippen molar-refractivity contribution in [3.63, 3.8) is 0 Å². The number of hydrogen-bond acceptors (Lipinski definition) is 5. The molecule has 1 heterocycles. The van der Waals surface area contributed by atoms with Gasteiger partial charge in [-0.05, 0) is 34.6 Å². The summed E-state index contributed by atoms with van der Waals surface area (Å²) in [7, 11) is 0. The van der Waals surface area contributed by atoms with Crippen LogP contribution in [-0.2, 0) is 4.79 Å². The average Bonchev–Trinajstić information content (AvgIpc) is 2.54. The van der Waals surface area contributed by atoms with Crippen LogP contribution in [0.15, 0.2) is 52.1 Å². The molecule has 0 atom stereocenters. The topological polar surface area (TPSA) is 81.3 Å². The number of aromatic amines is 1. The first-order valence-corrected chi connectivity index (χ1v) is 7.99. The maximum atomic E-state index is 13.6. The Morgan fingerprint density at radius 2 is 1.96 bits per heavy atom. The van der Waals surface area contributed by atoms with E-state index in [-0.39, 0.29) is 29.6 Å². The number of aromatic nitrogens is 2. The lowest BCUT2D eigenvalue weighted by Crippen LogP contribution is -2.18. The molecule has 1 N–H and O–H groups in total. The quantitative estimate of drug-likeness (QED) is 0.454. The van der Waals surface area contributed by atoms with Gasteiger partial charge >= 0.3 is 5.97 Å². The fourth-order valence-electron chi connectivity index (χ4n) is 1.71. The lowest BCUT2D eigenvalue weighted by Gasteiger charge is -2.09. The summed E-state index contributed by atoms with van der Waals surface area (Å²) in [5, 5.41) is 0. The molecule has 1 aromatic heterocycles. The summed E-state index contributed by atoms with van der Waals surface area (Å²) in [6, 6.07) is -0.168. The van der Waals surface area contributed by atoms with Gasteiger partial charge < -0.3 is 9.47 Å². The minimum absolute atomic E-state index is 0.137. The summed E-state index contributed by atoms with van der Waals surface area (Å²) in [4.78, 5) is 30.1. The maximum Gasteiger partial charge on any atom is 0.337 e. The van der Waals surface area contributed by atoms with Crippen LogP contribution in [0.3, 0.4) is 0 Å². The molecule has 7 heteroatoms. The van der Waals surface area contributed by atoms with Crippen molar-refractivity contribution in [2.45, 2.75) is 34.6 Å². The van der Waals surface area contributed by atoms with Crippen molar-refractivity contribution >= 4 is 5.97 Å². The Bertz CT molecular complexity index is 824. The van der Waals surface area contributed by atoms with E-state index in [0.29, 0.717) is 0 Å². The summed E-state index contributed by atoms with van der Waals surface area (Å²) in [5.41, 5.74) is 0.657. The Morgan fingerprint density at radius 1 is 1.27 bits per heavy atom. The van der Waals surface area contributed by atoms with Crippen molar-refractivity contribution in [2.24, 2.45) is 0 Å². The van der Waals surface area contributed by atoms with Gasteiger partial charge in [0, 0.05) is 11.6 Å². The number of allylic oxidation sites excluding steroid dienone is 5. The zero-order valence-corrected chi connectivity index (χ0v) is 15.6. The van der Waals surface area contributed by atoms with E-state index >= 15 is 0 Å². The summed E-state index contributed by atoms with van der Waals surface area (Å²) in [6.45, 7) is 7.94. The lowest BCUT2D eigenvalue weighted by atomic mass is 10.2. The lowest BCUT2D eigenvalue weighted by molar-refractivity contribution is -0.129. The monoisotopic (exact) mass is 362 g/mol. The normalized spacial score (nSPS) is 12.2. The third-order valence-corrected chi connectivity index (χ3v) is 3.10. The third-order valence-electron chi connectivity index (χ3n) is 3.10. The molecule has 0 radical (unpaired) electrons. The molecule has 0 saturated carbocycles. The fraction of sp³-hybridized carbons (Fsp3) is 0.316. The number of nitrogens with one attached hydrogen (secondary N) is 1. The van der Waals surface area contributed by atoms with Crippen LogP contribution in [0.1, 0.15) is 33.3 Å². The fourth-order valence-corrected chi connectivity index (χ4v) is 1.71. The largest absolute Gasteiger partial charge is 0.460 e. The maximum absolute atomic E-state index is 13.6.